The summed E-state index contributed by atoms with van der Waals surface area (Å²) in [5, 5.41) is 0. The Hall–Kier alpha value is -2.04. The van der Waals surface area contributed by atoms with E-state index in [1.165, 1.54) is 0 Å². The number of nitrogens with two attached hydrogens (primary N) is 1. The number of piperazine rings is 1. The van der Waals surface area contributed by atoms with E-state index in [9.17, 15) is 9.59 Å². The molecular formula is C14H19N3O2. The van der Waals surface area contributed by atoms with Gasteiger partial charge in [0.1, 0.15) is 0 Å². The second kappa shape index (κ2) is 5.30. The lowest BCUT2D eigenvalue weighted by molar-refractivity contribution is -0.144. The zero-order valence-electron chi connectivity index (χ0n) is 11.3. The molecule has 0 saturated carbocycles. The normalized spacial score (nSPS) is 17.5. The maximum Gasteiger partial charge on any atom is 0.241 e. The van der Waals surface area contributed by atoms with Gasteiger partial charge >= 0.3 is 0 Å². The molecule has 0 bridgehead atoms. The summed E-state index contributed by atoms with van der Waals surface area (Å²) in [4.78, 5) is 27.3. The number of benzene rings is 1. The van der Waals surface area contributed by atoms with Crippen molar-refractivity contribution in [1.29, 1.82) is 0 Å². The van der Waals surface area contributed by atoms with Gasteiger partial charge in [-0.15, -0.1) is 0 Å². The van der Waals surface area contributed by atoms with Gasteiger partial charge in [0.05, 0.1) is 12.5 Å². The van der Waals surface area contributed by atoms with Crippen molar-refractivity contribution < 1.29 is 9.59 Å². The maximum absolute atomic E-state index is 12.4. The summed E-state index contributed by atoms with van der Waals surface area (Å²) < 4.78 is 0. The molecule has 5 nitrogen and oxygen atoms in total. The molecule has 0 aromatic heterocycles. The van der Waals surface area contributed by atoms with Gasteiger partial charge in [-0.2, -0.15) is 0 Å². The van der Waals surface area contributed by atoms with E-state index < -0.39 is 0 Å². The molecule has 5 heteroatoms. The average molecular weight is 261 g/mol. The van der Waals surface area contributed by atoms with Crippen LogP contribution in [0.15, 0.2) is 24.3 Å². The van der Waals surface area contributed by atoms with Gasteiger partial charge in [0, 0.05) is 25.8 Å². The number of rotatable bonds is 2. The third-order valence-corrected chi connectivity index (χ3v) is 3.55. The third-order valence-electron chi connectivity index (χ3n) is 3.55. The Kier molecular flexibility index (Phi) is 3.74. The predicted molar refractivity (Wildman–Crippen MR) is 73.5 cm³/mol. The lowest BCUT2D eigenvalue weighted by Crippen LogP contribution is -2.51. The molecule has 1 unspecified atom stereocenters. The van der Waals surface area contributed by atoms with Crippen LogP contribution in [0.1, 0.15) is 18.4 Å². The SMILES string of the molecule is CC(C(=O)N1CCN(C)C(=O)C1)c1cccc(N)c1. The fourth-order valence-electron chi connectivity index (χ4n) is 2.19. The Balaban J connectivity index is 2.09. The van der Waals surface area contributed by atoms with Gasteiger partial charge in [-0.25, -0.2) is 0 Å². The first-order chi connectivity index (χ1) is 8.99. The van der Waals surface area contributed by atoms with E-state index in [2.05, 4.69) is 0 Å². The monoisotopic (exact) mass is 261 g/mol. The van der Waals surface area contributed by atoms with Crippen molar-refractivity contribution in [3.8, 4) is 0 Å². The van der Waals surface area contributed by atoms with E-state index in [1.807, 2.05) is 19.1 Å². The van der Waals surface area contributed by atoms with E-state index in [0.29, 0.717) is 18.8 Å². The average Bonchev–Trinajstić information content (AvgIpc) is 2.40. The zero-order chi connectivity index (χ0) is 14.0. The van der Waals surface area contributed by atoms with Gasteiger partial charge in [-0.1, -0.05) is 12.1 Å². The van der Waals surface area contributed by atoms with Crippen molar-refractivity contribution in [3.05, 3.63) is 29.8 Å². The minimum Gasteiger partial charge on any atom is -0.399 e. The topological polar surface area (TPSA) is 66.6 Å². The maximum atomic E-state index is 12.4. The lowest BCUT2D eigenvalue weighted by atomic mass is 9.99. The van der Waals surface area contributed by atoms with Gasteiger partial charge < -0.3 is 15.5 Å². The molecule has 1 aromatic rings. The van der Waals surface area contributed by atoms with Crippen molar-refractivity contribution in [1.82, 2.24) is 9.80 Å². The molecule has 2 N–H and O–H groups in total. The molecule has 0 spiro atoms. The van der Waals surface area contributed by atoms with Gasteiger partial charge in [-0.3, -0.25) is 9.59 Å². The van der Waals surface area contributed by atoms with E-state index >= 15 is 0 Å². The Bertz CT molecular complexity index is 501. The lowest BCUT2D eigenvalue weighted by Gasteiger charge is -2.33. The largest absolute Gasteiger partial charge is 0.399 e. The fraction of sp³-hybridized carbons (Fsp3) is 0.429. The van der Waals surface area contributed by atoms with Crippen LogP contribution in [0.5, 0.6) is 0 Å². The summed E-state index contributed by atoms with van der Waals surface area (Å²) in [6.07, 6.45) is 0. The Labute approximate surface area is 113 Å². The highest BCUT2D eigenvalue weighted by Crippen LogP contribution is 2.20. The van der Waals surface area contributed by atoms with Crippen LogP contribution in [-0.4, -0.2) is 48.3 Å². The highest BCUT2D eigenvalue weighted by atomic mass is 16.2. The summed E-state index contributed by atoms with van der Waals surface area (Å²) in [5.41, 5.74) is 7.26. The minimum atomic E-state index is -0.278. The van der Waals surface area contributed by atoms with Crippen LogP contribution in [0.2, 0.25) is 0 Å². The number of hydrogen-bond donors (Lipinski definition) is 1. The van der Waals surface area contributed by atoms with E-state index in [0.717, 1.165) is 5.56 Å². The number of carbonyl (C=O) groups excluding carboxylic acids is 2. The summed E-state index contributed by atoms with van der Waals surface area (Å²) in [5.74, 6) is -0.314. The molecule has 1 atom stereocenters. The molecule has 1 heterocycles. The quantitative estimate of drug-likeness (QED) is 0.796. The molecular weight excluding hydrogens is 242 g/mol. The first-order valence-corrected chi connectivity index (χ1v) is 6.37. The van der Waals surface area contributed by atoms with Crippen molar-refractivity contribution in [2.24, 2.45) is 0 Å². The molecule has 102 valence electrons. The number of carbonyl (C=O) groups is 2. The first kappa shape index (κ1) is 13.4. The van der Waals surface area contributed by atoms with Crippen LogP contribution in [0, 0.1) is 0 Å². The summed E-state index contributed by atoms with van der Waals surface area (Å²) in [6, 6.07) is 7.32. The molecule has 0 radical (unpaired) electrons. The molecule has 1 aliphatic heterocycles. The van der Waals surface area contributed by atoms with Crippen LogP contribution < -0.4 is 5.73 Å². The molecule has 1 aromatic carbocycles. The second-order valence-electron chi connectivity index (χ2n) is 4.97. The predicted octanol–water partition coefficient (Wildman–Crippen LogP) is 0.673. The highest BCUT2D eigenvalue weighted by molar-refractivity contribution is 5.89. The minimum absolute atomic E-state index is 0.0145. The Morgan fingerprint density at radius 1 is 1.37 bits per heavy atom. The number of likely N-dealkylation sites (N-methyl/N-ethyl adjacent to an activating group) is 1. The van der Waals surface area contributed by atoms with E-state index in [-0.39, 0.29) is 24.3 Å². The van der Waals surface area contributed by atoms with Gasteiger partial charge in [-0.05, 0) is 24.6 Å². The van der Waals surface area contributed by atoms with Crippen molar-refractivity contribution in [2.75, 3.05) is 32.4 Å². The van der Waals surface area contributed by atoms with Crippen LogP contribution in [0.25, 0.3) is 0 Å². The summed E-state index contributed by atoms with van der Waals surface area (Å²) in [6.45, 7) is 3.20. The molecule has 0 aliphatic carbocycles. The number of hydrogen-bond acceptors (Lipinski definition) is 3. The fourth-order valence-corrected chi connectivity index (χ4v) is 2.19. The molecule has 1 aliphatic rings. The van der Waals surface area contributed by atoms with Crippen molar-refractivity contribution in [3.63, 3.8) is 0 Å². The molecule has 2 amide bonds. The highest BCUT2D eigenvalue weighted by Gasteiger charge is 2.28. The second-order valence-corrected chi connectivity index (χ2v) is 4.97. The standard InChI is InChI=1S/C14H19N3O2/c1-10(11-4-3-5-12(15)8-11)14(19)17-7-6-16(2)13(18)9-17/h3-5,8,10H,6-7,9,15H2,1-2H3. The molecule has 19 heavy (non-hydrogen) atoms. The molecule has 1 fully saturated rings. The number of nitrogens with zero attached hydrogens (tertiary/aromatic N) is 2. The van der Waals surface area contributed by atoms with Gasteiger partial charge in [0.25, 0.3) is 0 Å². The van der Waals surface area contributed by atoms with E-state index in [1.54, 1.807) is 29.0 Å². The number of amides is 2. The number of anilines is 1. The zero-order valence-corrected chi connectivity index (χ0v) is 11.3. The summed E-state index contributed by atoms with van der Waals surface area (Å²) in [7, 11) is 1.76. The number of nitrogen functional groups attached to an aromatic ring is 1. The van der Waals surface area contributed by atoms with Crippen LogP contribution in [0.4, 0.5) is 5.69 Å². The smallest absolute Gasteiger partial charge is 0.241 e. The molecule has 1 saturated heterocycles. The summed E-state index contributed by atoms with van der Waals surface area (Å²) >= 11 is 0. The van der Waals surface area contributed by atoms with Crippen molar-refractivity contribution >= 4 is 17.5 Å². The van der Waals surface area contributed by atoms with E-state index in [4.69, 9.17) is 5.73 Å². The van der Waals surface area contributed by atoms with Gasteiger partial charge in [0.15, 0.2) is 0 Å². The van der Waals surface area contributed by atoms with Crippen molar-refractivity contribution in [2.45, 2.75) is 12.8 Å². The first-order valence-electron chi connectivity index (χ1n) is 6.37. The Morgan fingerprint density at radius 2 is 2.11 bits per heavy atom. The van der Waals surface area contributed by atoms with Crippen LogP contribution in [-0.2, 0) is 9.59 Å². The third kappa shape index (κ3) is 2.86. The van der Waals surface area contributed by atoms with Crippen LogP contribution >= 0.6 is 0 Å². The Morgan fingerprint density at radius 3 is 2.74 bits per heavy atom. The van der Waals surface area contributed by atoms with Gasteiger partial charge in [0.2, 0.25) is 11.8 Å². The molecule has 2 rings (SSSR count). The van der Waals surface area contributed by atoms with Crippen LogP contribution in [0.3, 0.4) is 0 Å².